The standard InChI is InChI=1S/C18H16O4/c1-22-16-9-5-6-13(11-16)10-15(18(20)21)12-17(19)14-7-3-2-4-8-14/h2-12,19H,1H3,(H,20,21). The number of rotatable bonds is 5. The number of carboxylic acid groups (broad SMARTS) is 1. The molecule has 4 nitrogen and oxygen atoms in total. The van der Waals surface area contributed by atoms with Gasteiger partial charge >= 0.3 is 5.97 Å². The van der Waals surface area contributed by atoms with Crippen LogP contribution in [-0.4, -0.2) is 23.3 Å². The molecule has 2 N–H and O–H groups in total. The minimum Gasteiger partial charge on any atom is -0.507 e. The largest absolute Gasteiger partial charge is 0.507 e. The van der Waals surface area contributed by atoms with E-state index in [1.165, 1.54) is 12.2 Å². The maximum Gasteiger partial charge on any atom is 0.335 e. The molecule has 0 bridgehead atoms. The number of methoxy groups -OCH3 is 1. The van der Waals surface area contributed by atoms with E-state index in [1.54, 1.807) is 55.6 Å². The molecule has 0 aliphatic carbocycles. The number of hydrogen-bond donors (Lipinski definition) is 2. The molecule has 4 heteroatoms. The summed E-state index contributed by atoms with van der Waals surface area (Å²) in [4.78, 5) is 11.4. The quantitative estimate of drug-likeness (QED) is 0.501. The van der Waals surface area contributed by atoms with Crippen LogP contribution in [0.3, 0.4) is 0 Å². The van der Waals surface area contributed by atoms with Crippen LogP contribution >= 0.6 is 0 Å². The van der Waals surface area contributed by atoms with Crippen molar-refractivity contribution in [3.63, 3.8) is 0 Å². The average molecular weight is 296 g/mol. The van der Waals surface area contributed by atoms with Gasteiger partial charge in [0.05, 0.1) is 12.7 Å². The second-order valence-corrected chi connectivity index (χ2v) is 4.58. The van der Waals surface area contributed by atoms with Crippen LogP contribution in [0.2, 0.25) is 0 Å². The predicted molar refractivity (Wildman–Crippen MR) is 85.7 cm³/mol. The Bertz CT molecular complexity index is 715. The molecule has 2 rings (SSSR count). The maximum absolute atomic E-state index is 11.4. The number of carbonyl (C=O) groups is 1. The van der Waals surface area contributed by atoms with E-state index in [2.05, 4.69) is 0 Å². The average Bonchev–Trinajstić information content (AvgIpc) is 2.55. The van der Waals surface area contributed by atoms with Gasteiger partial charge in [-0.1, -0.05) is 42.5 Å². The maximum atomic E-state index is 11.4. The van der Waals surface area contributed by atoms with Gasteiger partial charge < -0.3 is 14.9 Å². The highest BCUT2D eigenvalue weighted by Gasteiger charge is 2.08. The van der Waals surface area contributed by atoms with Gasteiger partial charge in [-0.2, -0.15) is 0 Å². The second-order valence-electron chi connectivity index (χ2n) is 4.58. The number of aliphatic hydroxyl groups excluding tert-OH is 1. The summed E-state index contributed by atoms with van der Waals surface area (Å²) in [6.45, 7) is 0. The van der Waals surface area contributed by atoms with Gasteiger partial charge in [-0.25, -0.2) is 4.79 Å². The van der Waals surface area contributed by atoms with Gasteiger partial charge in [0.25, 0.3) is 0 Å². The molecule has 0 amide bonds. The molecule has 0 spiro atoms. The molecule has 0 atom stereocenters. The van der Waals surface area contributed by atoms with Crippen LogP contribution in [0.5, 0.6) is 5.75 Å². The monoisotopic (exact) mass is 296 g/mol. The third-order valence-electron chi connectivity index (χ3n) is 3.02. The van der Waals surface area contributed by atoms with E-state index in [0.29, 0.717) is 16.9 Å². The molecule has 0 saturated carbocycles. The zero-order valence-electron chi connectivity index (χ0n) is 12.1. The van der Waals surface area contributed by atoms with Gasteiger partial charge in [0.15, 0.2) is 0 Å². The van der Waals surface area contributed by atoms with Gasteiger partial charge in [-0.05, 0) is 29.8 Å². The third-order valence-corrected chi connectivity index (χ3v) is 3.02. The minimum absolute atomic E-state index is 0.0189. The zero-order valence-corrected chi connectivity index (χ0v) is 12.1. The van der Waals surface area contributed by atoms with E-state index in [1.807, 2.05) is 6.07 Å². The third kappa shape index (κ3) is 3.99. The first-order valence-electron chi connectivity index (χ1n) is 6.65. The first kappa shape index (κ1) is 15.4. The van der Waals surface area contributed by atoms with E-state index in [4.69, 9.17) is 4.74 Å². The van der Waals surface area contributed by atoms with Gasteiger partial charge in [0.2, 0.25) is 0 Å². The lowest BCUT2D eigenvalue weighted by molar-refractivity contribution is -0.132. The molecule has 0 heterocycles. The van der Waals surface area contributed by atoms with Crippen molar-refractivity contribution in [1.29, 1.82) is 0 Å². The van der Waals surface area contributed by atoms with Gasteiger partial charge in [-0.3, -0.25) is 0 Å². The molecule has 112 valence electrons. The summed E-state index contributed by atoms with van der Waals surface area (Å²) in [5.74, 6) is -0.586. The molecular formula is C18H16O4. The van der Waals surface area contributed by atoms with Crippen LogP contribution in [0.15, 0.2) is 66.2 Å². The van der Waals surface area contributed by atoms with Crippen molar-refractivity contribution in [1.82, 2.24) is 0 Å². The molecule has 0 aromatic heterocycles. The van der Waals surface area contributed by atoms with Crippen molar-refractivity contribution in [3.05, 3.63) is 77.4 Å². The fraction of sp³-hybridized carbons (Fsp3) is 0.0556. The summed E-state index contributed by atoms with van der Waals surface area (Å²) in [7, 11) is 1.54. The van der Waals surface area contributed by atoms with Gasteiger partial charge in [0.1, 0.15) is 11.5 Å². The summed E-state index contributed by atoms with van der Waals surface area (Å²) < 4.78 is 5.11. The van der Waals surface area contributed by atoms with Crippen LogP contribution in [0.25, 0.3) is 11.8 Å². The Hall–Kier alpha value is -3.01. The van der Waals surface area contributed by atoms with E-state index in [0.717, 1.165) is 0 Å². The molecule has 0 aliphatic heterocycles. The first-order valence-corrected chi connectivity index (χ1v) is 6.65. The molecule has 0 aliphatic rings. The number of benzene rings is 2. The van der Waals surface area contributed by atoms with Crippen molar-refractivity contribution < 1.29 is 19.7 Å². The Morgan fingerprint density at radius 1 is 1.05 bits per heavy atom. The van der Waals surface area contributed by atoms with Crippen molar-refractivity contribution >= 4 is 17.8 Å². The topological polar surface area (TPSA) is 66.8 Å². The van der Waals surface area contributed by atoms with Crippen molar-refractivity contribution in [2.45, 2.75) is 0 Å². The van der Waals surface area contributed by atoms with E-state index in [-0.39, 0.29) is 11.3 Å². The molecule has 22 heavy (non-hydrogen) atoms. The summed E-state index contributed by atoms with van der Waals surface area (Å²) in [5, 5.41) is 19.4. The fourth-order valence-corrected chi connectivity index (χ4v) is 1.92. The molecule has 0 unspecified atom stereocenters. The van der Waals surface area contributed by atoms with Crippen LogP contribution in [0, 0.1) is 0 Å². The van der Waals surface area contributed by atoms with Crippen LogP contribution in [0.1, 0.15) is 11.1 Å². The Morgan fingerprint density at radius 3 is 2.41 bits per heavy atom. The minimum atomic E-state index is -1.12. The zero-order chi connectivity index (χ0) is 15.9. The normalized spacial score (nSPS) is 12.0. The van der Waals surface area contributed by atoms with Crippen LogP contribution in [-0.2, 0) is 4.79 Å². The molecule has 2 aromatic rings. The fourth-order valence-electron chi connectivity index (χ4n) is 1.92. The Morgan fingerprint density at radius 2 is 1.77 bits per heavy atom. The number of carboxylic acids is 1. The predicted octanol–water partition coefficient (Wildman–Crippen LogP) is 3.76. The van der Waals surface area contributed by atoms with E-state index in [9.17, 15) is 15.0 Å². The lowest BCUT2D eigenvalue weighted by Crippen LogP contribution is -1.99. The smallest absolute Gasteiger partial charge is 0.335 e. The highest BCUT2D eigenvalue weighted by Crippen LogP contribution is 2.18. The molecule has 0 radical (unpaired) electrons. The highest BCUT2D eigenvalue weighted by atomic mass is 16.5. The molecule has 0 saturated heterocycles. The highest BCUT2D eigenvalue weighted by molar-refractivity contribution is 5.97. The number of aliphatic carboxylic acids is 1. The first-order chi connectivity index (χ1) is 10.6. The summed E-state index contributed by atoms with van der Waals surface area (Å²) >= 11 is 0. The van der Waals surface area contributed by atoms with Crippen LogP contribution < -0.4 is 4.74 Å². The Labute approximate surface area is 128 Å². The summed E-state index contributed by atoms with van der Waals surface area (Å²) in [6, 6.07) is 15.8. The van der Waals surface area contributed by atoms with E-state index >= 15 is 0 Å². The van der Waals surface area contributed by atoms with Crippen molar-refractivity contribution in [2.75, 3.05) is 7.11 Å². The second kappa shape index (κ2) is 7.13. The van der Waals surface area contributed by atoms with Gasteiger partial charge in [-0.15, -0.1) is 0 Å². The van der Waals surface area contributed by atoms with Crippen molar-refractivity contribution in [2.24, 2.45) is 0 Å². The van der Waals surface area contributed by atoms with Crippen LogP contribution in [0.4, 0.5) is 0 Å². The molecule has 2 aromatic carbocycles. The molecular weight excluding hydrogens is 280 g/mol. The summed E-state index contributed by atoms with van der Waals surface area (Å²) in [5.41, 5.74) is 1.21. The number of ether oxygens (including phenoxy) is 1. The number of aliphatic hydroxyl groups is 1. The van der Waals surface area contributed by atoms with Crippen molar-refractivity contribution in [3.8, 4) is 5.75 Å². The molecule has 0 fully saturated rings. The summed E-state index contributed by atoms with van der Waals surface area (Å²) in [6.07, 6.45) is 2.71. The van der Waals surface area contributed by atoms with Gasteiger partial charge in [0, 0.05) is 5.56 Å². The lowest BCUT2D eigenvalue weighted by Gasteiger charge is -2.03. The SMILES string of the molecule is COc1cccc(C=C(C=C(O)c2ccccc2)C(=O)O)c1. The Balaban J connectivity index is 2.38. The lowest BCUT2D eigenvalue weighted by atomic mass is 10.1. The Kier molecular flexibility index (Phi) is 4.98. The van der Waals surface area contributed by atoms with E-state index < -0.39 is 5.97 Å². The number of hydrogen-bond acceptors (Lipinski definition) is 3.